The van der Waals surface area contributed by atoms with E-state index in [-0.39, 0.29) is 0 Å². The number of benzene rings is 1. The number of aromatic hydroxyl groups is 1. The third-order valence-electron chi connectivity index (χ3n) is 1.01. The lowest BCUT2D eigenvalue weighted by Gasteiger charge is -2.00. The van der Waals surface area contributed by atoms with Gasteiger partial charge in [-0.1, -0.05) is 11.6 Å². The van der Waals surface area contributed by atoms with Gasteiger partial charge in [0.25, 0.3) is 0 Å². The maximum absolute atomic E-state index is 5.61. The smallest absolute Gasteiger partial charge is 0.225 e. The molecule has 0 heterocycles. The molecule has 0 amide bonds. The molecule has 0 atom stereocenters. The van der Waals surface area contributed by atoms with Gasteiger partial charge in [0.05, 0.1) is 0 Å². The van der Waals surface area contributed by atoms with Crippen molar-refractivity contribution >= 4 is 11.6 Å². The lowest BCUT2D eigenvalue weighted by Crippen LogP contribution is -1.71. The molecule has 0 aliphatic rings. The molecule has 0 spiro atoms. The molecule has 0 fully saturated rings. The lowest BCUT2D eigenvalue weighted by molar-refractivity contribution is 0.186. The Bertz CT molecular complexity index is 181. The standard InChI is InChI=1S/C7H7ClO/c1-9-7-4-2-6(8)3-5-7/h2-5,9H,1H2. The summed E-state index contributed by atoms with van der Waals surface area (Å²) in [5.41, 5.74) is 0. The van der Waals surface area contributed by atoms with Crippen molar-refractivity contribution in [3.8, 4) is 5.75 Å². The minimum atomic E-state index is 0.724. The van der Waals surface area contributed by atoms with Gasteiger partial charge in [-0.2, -0.15) is 0 Å². The second-order valence-corrected chi connectivity index (χ2v) is 2.07. The number of hydrogen-bond donors (Lipinski definition) is 0. The summed E-state index contributed by atoms with van der Waals surface area (Å²) < 4.78 is 3.70. The second-order valence-electron chi connectivity index (χ2n) is 1.63. The first-order chi connectivity index (χ1) is 4.33. The minimum Gasteiger partial charge on any atom is -0.722 e. The zero-order chi connectivity index (χ0) is 6.69. The van der Waals surface area contributed by atoms with Crippen LogP contribution in [0.1, 0.15) is 0 Å². The Kier molecular flexibility index (Phi) is 1.96. The van der Waals surface area contributed by atoms with Crippen molar-refractivity contribution in [3.05, 3.63) is 36.4 Å². The van der Waals surface area contributed by atoms with E-state index < -0.39 is 0 Å². The number of rotatable bonds is 1. The maximum atomic E-state index is 5.61. The number of hydrogen-bond acceptors (Lipinski definition) is 0. The van der Waals surface area contributed by atoms with E-state index in [0.29, 0.717) is 0 Å². The van der Waals surface area contributed by atoms with Crippen LogP contribution in [0.2, 0.25) is 5.02 Å². The van der Waals surface area contributed by atoms with Crippen LogP contribution in [-0.2, 0) is 0 Å². The first-order valence-electron chi connectivity index (χ1n) is 2.55. The molecule has 48 valence electrons. The van der Waals surface area contributed by atoms with E-state index in [1.807, 2.05) is 12.1 Å². The number of halogens is 1. The van der Waals surface area contributed by atoms with Gasteiger partial charge in [0, 0.05) is 17.2 Å². The molecule has 0 saturated heterocycles. The Morgan fingerprint density at radius 3 is 2.22 bits per heavy atom. The molecule has 1 aromatic rings. The molecule has 0 aromatic heterocycles. The Morgan fingerprint density at radius 2 is 1.78 bits per heavy atom. The fourth-order valence-electron chi connectivity index (χ4n) is 0.547. The minimum absolute atomic E-state index is 0.724. The normalized spacial score (nSPS) is 9.11. The third-order valence-corrected chi connectivity index (χ3v) is 1.26. The third kappa shape index (κ3) is 1.61. The molecule has 1 aromatic carbocycles. The molecule has 0 bridgehead atoms. The van der Waals surface area contributed by atoms with Gasteiger partial charge in [0.1, 0.15) is 0 Å². The van der Waals surface area contributed by atoms with Crippen LogP contribution in [0.3, 0.4) is 0 Å². The van der Waals surface area contributed by atoms with Gasteiger partial charge in [-0.25, -0.2) is 0 Å². The SMILES string of the molecule is [CH2-][OH+]c1ccc(Cl)cc1. The van der Waals surface area contributed by atoms with E-state index in [2.05, 4.69) is 11.8 Å². The van der Waals surface area contributed by atoms with Gasteiger partial charge in [-0.05, 0) is 19.2 Å². The predicted molar refractivity (Wildman–Crippen MR) is 38.5 cm³/mol. The quantitative estimate of drug-likeness (QED) is 0.422. The summed E-state index contributed by atoms with van der Waals surface area (Å²) in [7, 11) is 3.37. The van der Waals surface area contributed by atoms with Crippen molar-refractivity contribution < 1.29 is 4.74 Å². The van der Waals surface area contributed by atoms with Gasteiger partial charge in [-0.3, -0.25) is 0 Å². The van der Waals surface area contributed by atoms with E-state index >= 15 is 0 Å². The van der Waals surface area contributed by atoms with Gasteiger partial charge in [0.15, 0.2) is 0 Å². The molecule has 1 nitrogen and oxygen atoms in total. The van der Waals surface area contributed by atoms with Gasteiger partial charge in [-0.15, -0.1) is 0 Å². The fourth-order valence-corrected chi connectivity index (χ4v) is 0.672. The summed E-state index contributed by atoms with van der Waals surface area (Å²) in [6, 6.07) is 7.20. The molecule has 1 rings (SSSR count). The van der Waals surface area contributed by atoms with Crippen molar-refractivity contribution in [1.82, 2.24) is 0 Å². The zero-order valence-electron chi connectivity index (χ0n) is 4.84. The van der Waals surface area contributed by atoms with Crippen LogP contribution in [0, 0.1) is 7.11 Å². The van der Waals surface area contributed by atoms with E-state index in [1.165, 1.54) is 0 Å². The molecular formula is C7H7ClO. The van der Waals surface area contributed by atoms with Gasteiger partial charge in [0.2, 0.25) is 5.75 Å². The molecule has 2 heteroatoms. The van der Waals surface area contributed by atoms with Crippen LogP contribution >= 0.6 is 11.6 Å². The average Bonchev–Trinajstić information content (AvgIpc) is 1.90. The summed E-state index contributed by atoms with van der Waals surface area (Å²) in [5.74, 6) is 0.847. The van der Waals surface area contributed by atoms with Gasteiger partial charge >= 0.3 is 0 Å². The maximum Gasteiger partial charge on any atom is 0.225 e. The van der Waals surface area contributed by atoms with E-state index in [9.17, 15) is 0 Å². The number of aliphatic hydroxyl groups is 1. The van der Waals surface area contributed by atoms with Crippen LogP contribution in [0.4, 0.5) is 0 Å². The molecular weight excluding hydrogens is 136 g/mol. The van der Waals surface area contributed by atoms with Crippen molar-refractivity contribution in [3.63, 3.8) is 0 Å². The van der Waals surface area contributed by atoms with Crippen molar-refractivity contribution in [1.29, 1.82) is 0 Å². The highest BCUT2D eigenvalue weighted by molar-refractivity contribution is 6.30. The van der Waals surface area contributed by atoms with Crippen molar-refractivity contribution in [2.75, 3.05) is 0 Å². The predicted octanol–water partition coefficient (Wildman–Crippen LogP) is 2.37. The Hall–Kier alpha value is -0.690. The molecule has 0 aliphatic carbocycles. The largest absolute Gasteiger partial charge is 0.722 e. The highest BCUT2D eigenvalue weighted by Gasteiger charge is 1.89. The summed E-state index contributed by atoms with van der Waals surface area (Å²) in [5, 5.41) is 0.724. The summed E-state index contributed by atoms with van der Waals surface area (Å²) in [4.78, 5) is 0. The van der Waals surface area contributed by atoms with Crippen molar-refractivity contribution in [2.45, 2.75) is 0 Å². The molecule has 0 unspecified atom stereocenters. The lowest BCUT2D eigenvalue weighted by atomic mass is 10.3. The first kappa shape index (κ1) is 6.43. The van der Waals surface area contributed by atoms with Crippen LogP contribution < -0.4 is 0 Å². The Morgan fingerprint density at radius 1 is 1.22 bits per heavy atom. The number of ether oxygens (including phenoxy) is 1. The van der Waals surface area contributed by atoms with E-state index in [0.717, 1.165) is 10.8 Å². The molecule has 0 saturated carbocycles. The second kappa shape index (κ2) is 2.74. The van der Waals surface area contributed by atoms with Crippen LogP contribution in [0.15, 0.2) is 24.3 Å². The topological polar surface area (TPSA) is 12.8 Å². The Labute approximate surface area is 59.2 Å². The summed E-state index contributed by atoms with van der Waals surface area (Å²) >= 11 is 5.61. The molecule has 0 aliphatic heterocycles. The molecule has 9 heavy (non-hydrogen) atoms. The monoisotopic (exact) mass is 142 g/mol. The van der Waals surface area contributed by atoms with E-state index in [1.54, 1.807) is 12.1 Å². The van der Waals surface area contributed by atoms with Crippen molar-refractivity contribution in [2.24, 2.45) is 0 Å². The molecule has 1 N–H and O–H groups in total. The summed E-state index contributed by atoms with van der Waals surface area (Å²) in [6.45, 7) is 0. The zero-order valence-corrected chi connectivity index (χ0v) is 5.60. The summed E-state index contributed by atoms with van der Waals surface area (Å²) in [6.07, 6.45) is 0. The van der Waals surface area contributed by atoms with Crippen LogP contribution in [0.5, 0.6) is 5.75 Å². The average molecular weight is 143 g/mol. The fraction of sp³-hybridized carbons (Fsp3) is 0. The van der Waals surface area contributed by atoms with Crippen LogP contribution in [-0.4, -0.2) is 4.74 Å². The highest BCUT2D eigenvalue weighted by atomic mass is 35.5. The highest BCUT2D eigenvalue weighted by Crippen LogP contribution is 2.15. The van der Waals surface area contributed by atoms with E-state index in [4.69, 9.17) is 11.6 Å². The Balaban J connectivity index is 2.88. The van der Waals surface area contributed by atoms with Crippen LogP contribution in [0.25, 0.3) is 0 Å². The van der Waals surface area contributed by atoms with Gasteiger partial charge < -0.3 is 4.74 Å². The molecule has 0 radical (unpaired) electrons. The first-order valence-corrected chi connectivity index (χ1v) is 2.93.